The number of hydrogen-bond donors (Lipinski definition) is 1. The summed E-state index contributed by atoms with van der Waals surface area (Å²) in [6.45, 7) is 1.99. The Kier molecular flexibility index (Phi) is 4.08. The Morgan fingerprint density at radius 3 is 2.85 bits per heavy atom. The Morgan fingerprint density at radius 1 is 1.27 bits per heavy atom. The average molecular weight is 367 g/mol. The molecule has 6 nitrogen and oxygen atoms in total. The molecule has 0 saturated heterocycles. The van der Waals surface area contributed by atoms with Crippen molar-refractivity contribution in [3.63, 3.8) is 0 Å². The van der Waals surface area contributed by atoms with Crippen LogP contribution >= 0.6 is 0 Å². The molecule has 2 heterocycles. The van der Waals surface area contributed by atoms with Gasteiger partial charge in [0.1, 0.15) is 0 Å². The van der Waals surface area contributed by atoms with Gasteiger partial charge in [0.15, 0.2) is 5.69 Å². The average Bonchev–Trinajstić information content (AvgIpc) is 3.02. The number of aromatic nitrogens is 2. The second kappa shape index (κ2) is 6.42. The summed E-state index contributed by atoms with van der Waals surface area (Å²) in [7, 11) is -1.24. The summed E-state index contributed by atoms with van der Waals surface area (Å²) < 4.78 is 19.5. The number of nitrogen functional groups attached to an aromatic ring is 1. The smallest absolute Gasteiger partial charge is 0.359 e. The van der Waals surface area contributed by atoms with E-state index in [0.717, 1.165) is 21.8 Å². The summed E-state index contributed by atoms with van der Waals surface area (Å²) in [6, 6.07) is 14.7. The predicted octanol–water partition coefficient (Wildman–Crippen LogP) is 2.92. The summed E-state index contributed by atoms with van der Waals surface area (Å²) >= 11 is 0. The van der Waals surface area contributed by atoms with Crippen LogP contribution in [0.25, 0.3) is 16.9 Å². The van der Waals surface area contributed by atoms with Crippen molar-refractivity contribution in [3.8, 4) is 16.9 Å². The molecule has 7 heteroatoms. The van der Waals surface area contributed by atoms with E-state index in [1.54, 1.807) is 23.7 Å². The van der Waals surface area contributed by atoms with E-state index in [2.05, 4.69) is 5.10 Å². The van der Waals surface area contributed by atoms with E-state index in [1.165, 1.54) is 0 Å². The maximum absolute atomic E-state index is 12.7. The van der Waals surface area contributed by atoms with Gasteiger partial charge in [-0.2, -0.15) is 5.10 Å². The van der Waals surface area contributed by atoms with Gasteiger partial charge in [-0.25, -0.2) is 9.48 Å². The standard InChI is InChI=1S/C19H17N3O3S/c1-2-25-19(23)17-15-11-26(24)16-9-4-3-8-14(16)18(15)22(21-17)13-7-5-6-12(20)10-13/h3-10H,2,11,20H2,1H3. The van der Waals surface area contributed by atoms with Gasteiger partial charge >= 0.3 is 5.97 Å². The minimum atomic E-state index is -1.24. The number of rotatable bonds is 3. The third kappa shape index (κ3) is 2.61. The van der Waals surface area contributed by atoms with Crippen molar-refractivity contribution in [1.29, 1.82) is 0 Å². The Hall–Kier alpha value is -2.93. The van der Waals surface area contributed by atoms with Crippen LogP contribution < -0.4 is 5.73 Å². The third-order valence-corrected chi connectivity index (χ3v) is 5.63. The van der Waals surface area contributed by atoms with Gasteiger partial charge in [-0.3, -0.25) is 4.21 Å². The van der Waals surface area contributed by atoms with Crippen molar-refractivity contribution in [2.75, 3.05) is 12.3 Å². The first-order valence-electron chi connectivity index (χ1n) is 8.23. The highest BCUT2D eigenvalue weighted by atomic mass is 32.2. The Balaban J connectivity index is 2.01. The molecule has 1 aliphatic heterocycles. The van der Waals surface area contributed by atoms with Crippen molar-refractivity contribution < 1.29 is 13.7 Å². The lowest BCUT2D eigenvalue weighted by Crippen LogP contribution is -2.12. The van der Waals surface area contributed by atoms with Crippen LogP contribution in [0.1, 0.15) is 23.0 Å². The highest BCUT2D eigenvalue weighted by Crippen LogP contribution is 2.39. The molecule has 0 saturated carbocycles. The maximum atomic E-state index is 12.7. The Labute approximate surface area is 153 Å². The normalized spacial score (nSPS) is 15.2. The van der Waals surface area contributed by atoms with Crippen molar-refractivity contribution in [2.24, 2.45) is 0 Å². The molecular formula is C19H17N3O3S. The summed E-state index contributed by atoms with van der Waals surface area (Å²) in [5.74, 6) is -0.286. The zero-order chi connectivity index (χ0) is 18.3. The second-order valence-corrected chi connectivity index (χ2v) is 7.31. The lowest BCUT2D eigenvalue weighted by Gasteiger charge is -2.18. The zero-order valence-corrected chi connectivity index (χ0v) is 15.0. The summed E-state index contributed by atoms with van der Waals surface area (Å²) in [5, 5.41) is 4.51. The number of carbonyl (C=O) groups is 1. The molecule has 1 atom stereocenters. The lowest BCUT2D eigenvalue weighted by atomic mass is 10.1. The van der Waals surface area contributed by atoms with Gasteiger partial charge in [-0.15, -0.1) is 0 Å². The number of nitrogens with zero attached hydrogens (tertiary/aromatic N) is 2. The third-order valence-electron chi connectivity index (χ3n) is 4.23. The molecule has 0 fully saturated rings. The molecule has 2 N–H and O–H groups in total. The highest BCUT2D eigenvalue weighted by Gasteiger charge is 2.32. The van der Waals surface area contributed by atoms with Gasteiger partial charge in [-0.05, 0) is 31.2 Å². The van der Waals surface area contributed by atoms with Crippen molar-refractivity contribution in [2.45, 2.75) is 17.6 Å². The van der Waals surface area contributed by atoms with E-state index in [-0.39, 0.29) is 18.1 Å². The van der Waals surface area contributed by atoms with Crippen molar-refractivity contribution in [1.82, 2.24) is 9.78 Å². The molecule has 4 rings (SSSR count). The van der Waals surface area contributed by atoms with E-state index >= 15 is 0 Å². The molecule has 0 aliphatic carbocycles. The van der Waals surface area contributed by atoms with Crippen LogP contribution in [0.4, 0.5) is 5.69 Å². The topological polar surface area (TPSA) is 87.2 Å². The fourth-order valence-electron chi connectivity index (χ4n) is 3.14. The summed E-state index contributed by atoms with van der Waals surface area (Å²) in [6.07, 6.45) is 0. The Morgan fingerprint density at radius 2 is 2.08 bits per heavy atom. The first-order chi connectivity index (χ1) is 12.6. The first kappa shape index (κ1) is 16.5. The maximum Gasteiger partial charge on any atom is 0.359 e. The summed E-state index contributed by atoms with van der Waals surface area (Å²) in [4.78, 5) is 13.2. The molecule has 0 bridgehead atoms. The number of esters is 1. The highest BCUT2D eigenvalue weighted by molar-refractivity contribution is 7.84. The molecule has 0 amide bonds. The fraction of sp³-hybridized carbons (Fsp3) is 0.158. The number of fused-ring (bicyclic) bond motifs is 3. The molecule has 0 spiro atoms. The van der Waals surface area contributed by atoms with Crippen LogP contribution in [0.5, 0.6) is 0 Å². The monoisotopic (exact) mass is 367 g/mol. The SMILES string of the molecule is CCOC(=O)c1nn(-c2cccc(N)c2)c2c1CS(=O)c1ccccc1-2. The number of benzene rings is 2. The van der Waals surface area contributed by atoms with Crippen molar-refractivity contribution >= 4 is 22.5 Å². The largest absolute Gasteiger partial charge is 0.461 e. The Bertz CT molecular complexity index is 1040. The van der Waals surface area contributed by atoms with E-state index in [0.29, 0.717) is 11.3 Å². The van der Waals surface area contributed by atoms with Crippen LogP contribution in [0.15, 0.2) is 53.4 Å². The molecule has 1 aromatic heterocycles. The first-order valence-corrected chi connectivity index (χ1v) is 9.54. The fourth-order valence-corrected chi connectivity index (χ4v) is 4.47. The molecule has 3 aromatic rings. The number of hydrogen-bond acceptors (Lipinski definition) is 5. The van der Waals surface area contributed by atoms with E-state index in [1.807, 2.05) is 36.4 Å². The van der Waals surface area contributed by atoms with Gasteiger partial charge in [0.2, 0.25) is 0 Å². The number of ether oxygens (including phenoxy) is 1. The van der Waals surface area contributed by atoms with Gasteiger partial charge in [0.05, 0.1) is 34.5 Å². The molecule has 26 heavy (non-hydrogen) atoms. The molecule has 2 aromatic carbocycles. The minimum absolute atomic E-state index is 0.201. The van der Waals surface area contributed by atoms with Gasteiger partial charge in [-0.1, -0.05) is 24.3 Å². The van der Waals surface area contributed by atoms with Crippen LogP contribution in [0, 0.1) is 0 Å². The number of nitrogens with two attached hydrogens (primary N) is 1. The zero-order valence-electron chi connectivity index (χ0n) is 14.1. The van der Waals surface area contributed by atoms with Crippen LogP contribution in [0.3, 0.4) is 0 Å². The minimum Gasteiger partial charge on any atom is -0.461 e. The van der Waals surface area contributed by atoms with Crippen molar-refractivity contribution in [3.05, 3.63) is 59.8 Å². The number of anilines is 1. The number of carbonyl (C=O) groups excluding carboxylic acids is 1. The van der Waals surface area contributed by atoms with E-state index in [9.17, 15) is 9.00 Å². The van der Waals surface area contributed by atoms with Gasteiger partial charge < -0.3 is 10.5 Å². The van der Waals surface area contributed by atoms with Gasteiger partial charge in [0, 0.05) is 21.7 Å². The summed E-state index contributed by atoms with van der Waals surface area (Å²) in [5.41, 5.74) is 9.66. The molecular weight excluding hydrogens is 350 g/mol. The predicted molar refractivity (Wildman–Crippen MR) is 99.5 cm³/mol. The molecule has 1 unspecified atom stereocenters. The molecule has 132 valence electrons. The van der Waals surface area contributed by atoms with E-state index < -0.39 is 16.8 Å². The van der Waals surface area contributed by atoms with Crippen LogP contribution in [-0.2, 0) is 21.3 Å². The van der Waals surface area contributed by atoms with Gasteiger partial charge in [0.25, 0.3) is 0 Å². The quantitative estimate of drug-likeness (QED) is 0.568. The molecule has 1 aliphatic rings. The van der Waals surface area contributed by atoms with Crippen LogP contribution in [0.2, 0.25) is 0 Å². The lowest BCUT2D eigenvalue weighted by molar-refractivity contribution is 0.0518. The molecule has 0 radical (unpaired) electrons. The second-order valence-electron chi connectivity index (χ2n) is 5.89. The van der Waals surface area contributed by atoms with Crippen LogP contribution in [-0.4, -0.2) is 26.6 Å². The van der Waals surface area contributed by atoms with E-state index in [4.69, 9.17) is 10.5 Å².